The first-order valence-corrected chi connectivity index (χ1v) is 9.82. The number of halogens is 3. The van der Waals surface area contributed by atoms with Crippen LogP contribution in [0.1, 0.15) is 19.8 Å². The van der Waals surface area contributed by atoms with Gasteiger partial charge in [0, 0.05) is 53.4 Å². The maximum absolute atomic E-state index is 12.9. The third kappa shape index (κ3) is 6.80. The van der Waals surface area contributed by atoms with Crippen molar-refractivity contribution >= 4 is 5.96 Å². The van der Waals surface area contributed by atoms with Crippen LogP contribution in [0.2, 0.25) is 0 Å². The number of alkyl halides is 3. The molecule has 1 N–H and O–H groups in total. The molecule has 0 aromatic heterocycles. The number of aliphatic imine (C=N–C) groups is 1. The minimum atomic E-state index is -4.17. The van der Waals surface area contributed by atoms with Gasteiger partial charge < -0.3 is 19.9 Å². The van der Waals surface area contributed by atoms with E-state index >= 15 is 0 Å². The fraction of sp³-hybridized carbons (Fsp3) is 0.944. The van der Waals surface area contributed by atoms with Crippen molar-refractivity contribution in [3.05, 3.63) is 0 Å². The summed E-state index contributed by atoms with van der Waals surface area (Å²) < 4.78 is 43.8. The lowest BCUT2D eigenvalue weighted by Gasteiger charge is -2.40. The molecular formula is C18H34F3N5O. The lowest BCUT2D eigenvalue weighted by molar-refractivity contribution is -0.181. The van der Waals surface area contributed by atoms with Crippen molar-refractivity contribution in [3.8, 4) is 0 Å². The van der Waals surface area contributed by atoms with Gasteiger partial charge in [-0.2, -0.15) is 13.2 Å². The average molecular weight is 393 g/mol. The Morgan fingerprint density at radius 3 is 2.30 bits per heavy atom. The summed E-state index contributed by atoms with van der Waals surface area (Å²) >= 11 is 0. The number of guanidine groups is 1. The number of nitrogens with zero attached hydrogens (tertiary/aromatic N) is 4. The van der Waals surface area contributed by atoms with Gasteiger partial charge in [0.15, 0.2) is 5.96 Å². The van der Waals surface area contributed by atoms with Gasteiger partial charge in [-0.1, -0.05) is 0 Å². The molecule has 2 aliphatic heterocycles. The van der Waals surface area contributed by atoms with Gasteiger partial charge in [0.1, 0.15) is 6.04 Å². The number of piperazine rings is 1. The zero-order valence-corrected chi connectivity index (χ0v) is 16.8. The Bertz CT molecular complexity index is 458. The summed E-state index contributed by atoms with van der Waals surface area (Å²) in [5.74, 6) is 1.41. The molecule has 2 saturated heterocycles. The Morgan fingerprint density at radius 2 is 1.78 bits per heavy atom. The van der Waals surface area contributed by atoms with E-state index in [9.17, 15) is 13.2 Å². The zero-order chi connectivity index (χ0) is 19.9. The molecule has 0 aromatic carbocycles. The number of hydrogen-bond donors (Lipinski definition) is 1. The second-order valence-electron chi connectivity index (χ2n) is 7.45. The largest absolute Gasteiger partial charge is 0.403 e. The molecule has 0 aliphatic carbocycles. The highest BCUT2D eigenvalue weighted by Crippen LogP contribution is 2.25. The van der Waals surface area contributed by atoms with E-state index in [1.165, 1.54) is 11.8 Å². The van der Waals surface area contributed by atoms with Crippen molar-refractivity contribution in [2.45, 2.75) is 32.0 Å². The number of likely N-dealkylation sites (tertiary alicyclic amines) is 1. The Hall–Kier alpha value is -1.06. The molecule has 0 saturated carbocycles. The number of ether oxygens (including phenoxy) is 1. The lowest BCUT2D eigenvalue weighted by atomic mass is 9.97. The van der Waals surface area contributed by atoms with E-state index in [0.717, 1.165) is 51.6 Å². The van der Waals surface area contributed by atoms with Crippen LogP contribution in [0.4, 0.5) is 13.2 Å². The van der Waals surface area contributed by atoms with Gasteiger partial charge in [-0.25, -0.2) is 0 Å². The van der Waals surface area contributed by atoms with Crippen LogP contribution >= 0.6 is 0 Å². The maximum atomic E-state index is 12.9. The van der Waals surface area contributed by atoms with Crippen molar-refractivity contribution in [2.24, 2.45) is 10.9 Å². The second-order valence-corrected chi connectivity index (χ2v) is 7.45. The van der Waals surface area contributed by atoms with E-state index in [0.29, 0.717) is 32.1 Å². The molecule has 6 nitrogen and oxygen atoms in total. The van der Waals surface area contributed by atoms with Crippen LogP contribution in [0, 0.1) is 5.92 Å². The number of nitrogens with one attached hydrogen (secondary N) is 1. The monoisotopic (exact) mass is 393 g/mol. The summed E-state index contributed by atoms with van der Waals surface area (Å²) in [6, 6.07) is -1.39. The molecule has 2 rings (SSSR count). The number of hydrogen-bond acceptors (Lipinski definition) is 4. The summed E-state index contributed by atoms with van der Waals surface area (Å²) in [7, 11) is 3.46. The molecular weight excluding hydrogens is 359 g/mol. The van der Waals surface area contributed by atoms with Crippen molar-refractivity contribution in [3.63, 3.8) is 0 Å². The van der Waals surface area contributed by atoms with E-state index in [2.05, 4.69) is 20.1 Å². The van der Waals surface area contributed by atoms with Gasteiger partial charge in [0.05, 0.1) is 6.61 Å². The van der Waals surface area contributed by atoms with Crippen molar-refractivity contribution < 1.29 is 17.9 Å². The van der Waals surface area contributed by atoms with Gasteiger partial charge in [0.25, 0.3) is 0 Å². The first-order chi connectivity index (χ1) is 12.8. The third-order valence-corrected chi connectivity index (χ3v) is 5.71. The van der Waals surface area contributed by atoms with Crippen LogP contribution in [-0.4, -0.2) is 106 Å². The highest BCUT2D eigenvalue weighted by Gasteiger charge is 2.41. The lowest BCUT2D eigenvalue weighted by Crippen LogP contribution is -2.57. The quantitative estimate of drug-likeness (QED) is 0.547. The van der Waals surface area contributed by atoms with E-state index in [-0.39, 0.29) is 0 Å². The fourth-order valence-corrected chi connectivity index (χ4v) is 3.73. The van der Waals surface area contributed by atoms with Gasteiger partial charge in [-0.05, 0) is 38.8 Å². The van der Waals surface area contributed by atoms with Gasteiger partial charge in [-0.15, -0.1) is 0 Å². The number of piperidine rings is 1. The van der Waals surface area contributed by atoms with Crippen molar-refractivity contribution in [1.82, 2.24) is 20.0 Å². The molecule has 0 amide bonds. The SMILES string of the molecule is CN=C(NCC1CCN(CCOC)CC1)N1CCN(C(C)C(F)(F)F)CC1. The van der Waals surface area contributed by atoms with E-state index < -0.39 is 12.2 Å². The van der Waals surface area contributed by atoms with Crippen LogP contribution in [0.25, 0.3) is 0 Å². The predicted octanol–water partition coefficient (Wildman–Crippen LogP) is 1.49. The Balaban J connectivity index is 1.71. The molecule has 9 heteroatoms. The fourth-order valence-electron chi connectivity index (χ4n) is 3.73. The van der Waals surface area contributed by atoms with Gasteiger partial charge in [-0.3, -0.25) is 9.89 Å². The van der Waals surface area contributed by atoms with Crippen LogP contribution in [0.3, 0.4) is 0 Å². The normalized spacial score (nSPS) is 22.9. The minimum absolute atomic E-state index is 0.402. The van der Waals surface area contributed by atoms with E-state index in [1.807, 2.05) is 0 Å². The van der Waals surface area contributed by atoms with Crippen LogP contribution in [-0.2, 0) is 4.74 Å². The highest BCUT2D eigenvalue weighted by atomic mass is 19.4. The summed E-state index contributed by atoms with van der Waals surface area (Å²) in [6.07, 6.45) is -1.88. The highest BCUT2D eigenvalue weighted by molar-refractivity contribution is 5.80. The Labute approximate surface area is 160 Å². The molecule has 2 heterocycles. The van der Waals surface area contributed by atoms with E-state index in [4.69, 9.17) is 4.74 Å². The number of rotatable bonds is 6. The van der Waals surface area contributed by atoms with Crippen LogP contribution in [0.15, 0.2) is 4.99 Å². The third-order valence-electron chi connectivity index (χ3n) is 5.71. The van der Waals surface area contributed by atoms with Crippen LogP contribution in [0.5, 0.6) is 0 Å². The molecule has 1 atom stereocenters. The maximum Gasteiger partial charge on any atom is 0.403 e. The van der Waals surface area contributed by atoms with E-state index in [1.54, 1.807) is 14.2 Å². The first kappa shape index (κ1) is 22.2. The summed E-state index contributed by atoms with van der Waals surface area (Å²) in [5.41, 5.74) is 0. The van der Waals surface area contributed by atoms with Crippen molar-refractivity contribution in [2.75, 3.05) is 73.1 Å². The summed E-state index contributed by atoms with van der Waals surface area (Å²) in [6.45, 7) is 7.97. The van der Waals surface area contributed by atoms with Crippen LogP contribution < -0.4 is 5.32 Å². The topological polar surface area (TPSA) is 43.3 Å². The van der Waals surface area contributed by atoms with Gasteiger partial charge >= 0.3 is 6.18 Å². The average Bonchev–Trinajstić information content (AvgIpc) is 2.67. The molecule has 2 fully saturated rings. The Morgan fingerprint density at radius 1 is 1.15 bits per heavy atom. The standard InChI is InChI=1S/C18H34F3N5O/c1-15(18(19,20)21)25-8-10-26(11-9-25)17(22-2)23-14-16-4-6-24(7-5-16)12-13-27-3/h15-16H,4-14H2,1-3H3,(H,22,23). The second kappa shape index (κ2) is 10.5. The van der Waals surface area contributed by atoms with Crippen molar-refractivity contribution in [1.29, 1.82) is 0 Å². The Kier molecular flexibility index (Phi) is 8.62. The smallest absolute Gasteiger partial charge is 0.383 e. The predicted molar refractivity (Wildman–Crippen MR) is 101 cm³/mol. The molecule has 0 radical (unpaired) electrons. The summed E-state index contributed by atoms with van der Waals surface area (Å²) in [5, 5.41) is 3.43. The summed E-state index contributed by atoms with van der Waals surface area (Å²) in [4.78, 5) is 10.3. The molecule has 27 heavy (non-hydrogen) atoms. The first-order valence-electron chi connectivity index (χ1n) is 9.82. The molecule has 1 unspecified atom stereocenters. The molecule has 0 aromatic rings. The number of methoxy groups -OCH3 is 1. The zero-order valence-electron chi connectivity index (χ0n) is 16.8. The molecule has 0 bridgehead atoms. The molecule has 0 spiro atoms. The molecule has 2 aliphatic rings. The van der Waals surface area contributed by atoms with Gasteiger partial charge in [0.2, 0.25) is 0 Å². The minimum Gasteiger partial charge on any atom is -0.383 e. The molecule has 158 valence electrons.